The van der Waals surface area contributed by atoms with E-state index in [1.54, 1.807) is 6.20 Å². The van der Waals surface area contributed by atoms with Crippen LogP contribution in [0.1, 0.15) is 30.0 Å². The van der Waals surface area contributed by atoms with E-state index >= 15 is 0 Å². The summed E-state index contributed by atoms with van der Waals surface area (Å²) in [5, 5.41) is 7.62. The number of urea groups is 1. The Kier molecular flexibility index (Phi) is 6.10. The van der Waals surface area contributed by atoms with Crippen molar-refractivity contribution in [3.63, 3.8) is 0 Å². The van der Waals surface area contributed by atoms with Crippen molar-refractivity contribution >= 4 is 17.6 Å². The highest BCUT2D eigenvalue weighted by Crippen LogP contribution is 2.14. The normalized spacial score (nSPS) is 10.6. The van der Waals surface area contributed by atoms with Gasteiger partial charge in [0.25, 0.3) is 5.91 Å². The lowest BCUT2D eigenvalue weighted by molar-refractivity contribution is 0.0959. The Morgan fingerprint density at radius 3 is 2.76 bits per heavy atom. The lowest BCUT2D eigenvalue weighted by Crippen LogP contribution is -2.30. The van der Waals surface area contributed by atoms with Gasteiger partial charge < -0.3 is 20.5 Å². The molecule has 8 heteroatoms. The molecule has 7 nitrogen and oxygen atoms in total. The number of nitrogens with zero attached hydrogens (tertiary/aromatic N) is 2. The predicted molar refractivity (Wildman–Crippen MR) is 92.7 cm³/mol. The zero-order chi connectivity index (χ0) is 18.4. The minimum Gasteiger partial charge on any atom is -0.355 e. The molecular weight excluding hydrogens is 325 g/mol. The van der Waals surface area contributed by atoms with Crippen LogP contribution < -0.4 is 16.0 Å². The molecule has 1 aromatic carbocycles. The third kappa shape index (κ3) is 5.03. The van der Waals surface area contributed by atoms with E-state index in [1.165, 1.54) is 19.2 Å². The van der Waals surface area contributed by atoms with Gasteiger partial charge in [0, 0.05) is 31.7 Å². The molecule has 0 atom stereocenters. The number of imidazole rings is 1. The molecule has 2 rings (SSSR count). The second-order valence-electron chi connectivity index (χ2n) is 5.97. The number of carbonyl (C=O) groups excluding carboxylic acids is 2. The molecule has 1 aromatic heterocycles. The second-order valence-corrected chi connectivity index (χ2v) is 5.97. The molecule has 25 heavy (non-hydrogen) atoms. The molecule has 3 N–H and O–H groups in total. The largest absolute Gasteiger partial charge is 0.355 e. The second kappa shape index (κ2) is 8.27. The summed E-state index contributed by atoms with van der Waals surface area (Å²) < 4.78 is 15.6. The van der Waals surface area contributed by atoms with Gasteiger partial charge in [-0.25, -0.2) is 14.2 Å². The van der Waals surface area contributed by atoms with Crippen LogP contribution >= 0.6 is 0 Å². The fourth-order valence-corrected chi connectivity index (χ4v) is 2.31. The Hall–Kier alpha value is -2.90. The summed E-state index contributed by atoms with van der Waals surface area (Å²) in [5.41, 5.74) is 0.191. The fraction of sp³-hybridized carbons (Fsp3) is 0.353. The summed E-state index contributed by atoms with van der Waals surface area (Å²) in [6.45, 7) is 5.27. The lowest BCUT2D eigenvalue weighted by atomic mass is 10.1. The van der Waals surface area contributed by atoms with E-state index in [9.17, 15) is 14.0 Å². The highest BCUT2D eigenvalue weighted by molar-refractivity contribution is 5.96. The Bertz CT molecular complexity index is 757. The van der Waals surface area contributed by atoms with E-state index in [-0.39, 0.29) is 12.1 Å². The quantitative estimate of drug-likeness (QED) is 0.749. The van der Waals surface area contributed by atoms with Crippen molar-refractivity contribution in [1.29, 1.82) is 0 Å². The van der Waals surface area contributed by atoms with Crippen LogP contribution in [0, 0.1) is 11.7 Å². The molecule has 0 bridgehead atoms. The molecule has 0 aliphatic carbocycles. The maximum Gasteiger partial charge on any atom is 0.319 e. The van der Waals surface area contributed by atoms with Gasteiger partial charge in [-0.15, -0.1) is 0 Å². The number of hydrogen-bond acceptors (Lipinski definition) is 3. The number of nitrogens with one attached hydrogen (secondary N) is 3. The number of aromatic nitrogens is 2. The molecule has 0 unspecified atom stereocenters. The molecule has 134 valence electrons. The van der Waals surface area contributed by atoms with Gasteiger partial charge >= 0.3 is 6.03 Å². The molecule has 2 aromatic rings. The van der Waals surface area contributed by atoms with Crippen LogP contribution in [0.3, 0.4) is 0 Å². The molecule has 0 fully saturated rings. The first-order valence-electron chi connectivity index (χ1n) is 7.97. The molecule has 1 heterocycles. The molecular formula is C17H22FN5O2. The summed E-state index contributed by atoms with van der Waals surface area (Å²) >= 11 is 0. The molecule has 3 amide bonds. The average molecular weight is 347 g/mol. The number of halogens is 1. The van der Waals surface area contributed by atoms with E-state index in [2.05, 4.69) is 34.8 Å². The highest BCUT2D eigenvalue weighted by Gasteiger charge is 2.12. The SMILES string of the molecule is CNC(=O)c1cc(NC(=O)NCc2nccn2CC(C)C)ccc1F. The first-order chi connectivity index (χ1) is 11.9. The number of benzene rings is 1. The maximum atomic E-state index is 13.6. The van der Waals surface area contributed by atoms with Gasteiger partial charge in [-0.1, -0.05) is 13.8 Å². The third-order valence-electron chi connectivity index (χ3n) is 3.47. The summed E-state index contributed by atoms with van der Waals surface area (Å²) in [6, 6.07) is 3.35. The third-order valence-corrected chi connectivity index (χ3v) is 3.47. The Morgan fingerprint density at radius 2 is 2.08 bits per heavy atom. The predicted octanol–water partition coefficient (Wildman–Crippen LogP) is 2.36. The van der Waals surface area contributed by atoms with Gasteiger partial charge in [-0.3, -0.25) is 4.79 Å². The maximum absolute atomic E-state index is 13.6. The van der Waals surface area contributed by atoms with Gasteiger partial charge in [-0.2, -0.15) is 0 Å². The zero-order valence-corrected chi connectivity index (χ0v) is 14.5. The van der Waals surface area contributed by atoms with Crippen molar-refractivity contribution in [1.82, 2.24) is 20.2 Å². The summed E-state index contributed by atoms with van der Waals surface area (Å²) in [4.78, 5) is 27.8. The van der Waals surface area contributed by atoms with E-state index in [4.69, 9.17) is 0 Å². The number of hydrogen-bond donors (Lipinski definition) is 3. The Labute approximate surface area is 145 Å². The standard InChI is InChI=1S/C17H22FN5O2/c1-11(2)10-23-7-6-20-15(23)9-21-17(25)22-12-4-5-14(18)13(8-12)16(24)19-3/h4-8,11H,9-10H2,1-3H3,(H,19,24)(H2,21,22,25). The molecule has 0 saturated heterocycles. The van der Waals surface area contributed by atoms with Crippen LogP contribution in [0.4, 0.5) is 14.9 Å². The van der Waals surface area contributed by atoms with E-state index in [0.29, 0.717) is 11.6 Å². The van der Waals surface area contributed by atoms with Crippen molar-refractivity contribution in [2.45, 2.75) is 26.9 Å². The Balaban J connectivity index is 1.97. The molecule has 0 aliphatic heterocycles. The van der Waals surface area contributed by atoms with Crippen molar-refractivity contribution < 1.29 is 14.0 Å². The van der Waals surface area contributed by atoms with Crippen LogP contribution in [0.15, 0.2) is 30.6 Å². The van der Waals surface area contributed by atoms with Crippen LogP contribution in [0.5, 0.6) is 0 Å². The zero-order valence-electron chi connectivity index (χ0n) is 14.5. The summed E-state index contributed by atoms with van der Waals surface area (Å²) in [6.07, 6.45) is 3.55. The van der Waals surface area contributed by atoms with Gasteiger partial charge in [0.2, 0.25) is 0 Å². The van der Waals surface area contributed by atoms with E-state index in [0.717, 1.165) is 18.4 Å². The van der Waals surface area contributed by atoms with Gasteiger partial charge in [0.1, 0.15) is 11.6 Å². The number of amides is 3. The first-order valence-corrected chi connectivity index (χ1v) is 7.97. The van der Waals surface area contributed by atoms with Gasteiger partial charge in [0.15, 0.2) is 0 Å². The molecule has 0 spiro atoms. The minimum absolute atomic E-state index is 0.132. The lowest BCUT2D eigenvalue weighted by Gasteiger charge is -2.12. The van der Waals surface area contributed by atoms with Crippen LogP contribution in [-0.4, -0.2) is 28.5 Å². The van der Waals surface area contributed by atoms with Crippen molar-refractivity contribution in [3.05, 3.63) is 47.8 Å². The van der Waals surface area contributed by atoms with Crippen molar-refractivity contribution in [2.75, 3.05) is 12.4 Å². The summed E-state index contributed by atoms with van der Waals surface area (Å²) in [7, 11) is 1.41. The highest BCUT2D eigenvalue weighted by atomic mass is 19.1. The fourth-order valence-electron chi connectivity index (χ4n) is 2.31. The van der Waals surface area contributed by atoms with Gasteiger partial charge in [-0.05, 0) is 24.1 Å². The molecule has 0 aliphatic rings. The number of anilines is 1. The topological polar surface area (TPSA) is 88.1 Å². The minimum atomic E-state index is -0.652. The number of rotatable bonds is 6. The molecule has 0 saturated carbocycles. The van der Waals surface area contributed by atoms with E-state index < -0.39 is 17.8 Å². The van der Waals surface area contributed by atoms with Gasteiger partial charge in [0.05, 0.1) is 12.1 Å². The van der Waals surface area contributed by atoms with Crippen molar-refractivity contribution in [3.8, 4) is 0 Å². The monoisotopic (exact) mass is 347 g/mol. The Morgan fingerprint density at radius 1 is 1.32 bits per heavy atom. The summed E-state index contributed by atoms with van der Waals surface area (Å²) in [5.74, 6) is -0.00331. The van der Waals surface area contributed by atoms with E-state index in [1.807, 2.05) is 10.8 Å². The average Bonchev–Trinajstić information content (AvgIpc) is 3.00. The smallest absolute Gasteiger partial charge is 0.319 e. The van der Waals surface area contributed by atoms with Crippen molar-refractivity contribution in [2.24, 2.45) is 5.92 Å². The first kappa shape index (κ1) is 18.4. The number of carbonyl (C=O) groups is 2. The van der Waals surface area contributed by atoms with Crippen LogP contribution in [0.25, 0.3) is 0 Å². The van der Waals surface area contributed by atoms with Crippen LogP contribution in [0.2, 0.25) is 0 Å². The van der Waals surface area contributed by atoms with Crippen LogP contribution in [-0.2, 0) is 13.1 Å². The molecule has 0 radical (unpaired) electrons.